The standard InChI is InChI=1S/C24H22N2O3S/c1-29-22-6-4-3-5-21(22)26-24(28)18-10-12-19(13-11-18)25-23(27)16-9-17-7-14-20(30-2)15-8-17/h3-16H,1-2H3,(H,25,27)(H,26,28)/b16-9+. The van der Waals surface area contributed by atoms with Crippen molar-refractivity contribution in [1.29, 1.82) is 0 Å². The number of amides is 2. The highest BCUT2D eigenvalue weighted by molar-refractivity contribution is 7.98. The Kier molecular flexibility index (Phi) is 7.29. The van der Waals surface area contributed by atoms with E-state index in [1.165, 1.54) is 11.0 Å². The summed E-state index contributed by atoms with van der Waals surface area (Å²) in [5.74, 6) is 0.0886. The summed E-state index contributed by atoms with van der Waals surface area (Å²) in [7, 11) is 1.55. The van der Waals surface area contributed by atoms with E-state index in [1.807, 2.05) is 42.7 Å². The van der Waals surface area contributed by atoms with Gasteiger partial charge in [0, 0.05) is 22.2 Å². The van der Waals surface area contributed by atoms with Gasteiger partial charge in [-0.25, -0.2) is 0 Å². The minimum absolute atomic E-state index is 0.241. The lowest BCUT2D eigenvalue weighted by molar-refractivity contribution is -0.111. The van der Waals surface area contributed by atoms with Crippen LogP contribution in [0.15, 0.2) is 83.8 Å². The Morgan fingerprint density at radius 3 is 2.27 bits per heavy atom. The van der Waals surface area contributed by atoms with Gasteiger partial charge in [0.05, 0.1) is 12.8 Å². The topological polar surface area (TPSA) is 67.4 Å². The molecule has 0 aliphatic heterocycles. The summed E-state index contributed by atoms with van der Waals surface area (Å²) in [6.45, 7) is 0. The molecule has 0 saturated heterocycles. The van der Waals surface area contributed by atoms with Gasteiger partial charge in [-0.3, -0.25) is 9.59 Å². The van der Waals surface area contributed by atoms with Gasteiger partial charge in [-0.2, -0.15) is 0 Å². The van der Waals surface area contributed by atoms with Crippen LogP contribution >= 0.6 is 11.8 Å². The van der Waals surface area contributed by atoms with Crippen LogP contribution in [-0.2, 0) is 4.79 Å². The third kappa shape index (κ3) is 5.75. The van der Waals surface area contributed by atoms with E-state index in [4.69, 9.17) is 4.74 Å². The number of para-hydroxylation sites is 2. The van der Waals surface area contributed by atoms with Gasteiger partial charge in [0.15, 0.2) is 0 Å². The summed E-state index contributed by atoms with van der Waals surface area (Å²) < 4.78 is 5.24. The van der Waals surface area contributed by atoms with Gasteiger partial charge in [0.2, 0.25) is 5.91 Å². The van der Waals surface area contributed by atoms with Crippen LogP contribution in [0.1, 0.15) is 15.9 Å². The molecule has 0 spiro atoms. The minimum atomic E-state index is -0.258. The van der Waals surface area contributed by atoms with Crippen LogP contribution in [-0.4, -0.2) is 25.2 Å². The third-order valence-corrected chi connectivity index (χ3v) is 5.06. The predicted octanol–water partition coefficient (Wildman–Crippen LogP) is 5.32. The van der Waals surface area contributed by atoms with Crippen molar-refractivity contribution in [1.82, 2.24) is 0 Å². The molecule has 3 rings (SSSR count). The summed E-state index contributed by atoms with van der Waals surface area (Å²) in [5, 5.41) is 5.61. The maximum Gasteiger partial charge on any atom is 0.255 e. The SMILES string of the molecule is COc1ccccc1NC(=O)c1ccc(NC(=O)/C=C/c2ccc(SC)cc2)cc1. The zero-order chi connectivity index (χ0) is 21.3. The first-order valence-electron chi connectivity index (χ1n) is 9.26. The summed E-state index contributed by atoms with van der Waals surface area (Å²) in [6, 6.07) is 21.8. The molecule has 6 heteroatoms. The van der Waals surface area contributed by atoms with Crippen molar-refractivity contribution >= 4 is 41.0 Å². The molecule has 152 valence electrons. The molecule has 0 aromatic heterocycles. The van der Waals surface area contributed by atoms with Crippen LogP contribution in [0.3, 0.4) is 0 Å². The number of carbonyl (C=O) groups is 2. The van der Waals surface area contributed by atoms with E-state index in [-0.39, 0.29) is 11.8 Å². The molecule has 0 radical (unpaired) electrons. The van der Waals surface area contributed by atoms with E-state index >= 15 is 0 Å². The Hall–Kier alpha value is -3.51. The maximum atomic E-state index is 12.5. The number of carbonyl (C=O) groups excluding carboxylic acids is 2. The highest BCUT2D eigenvalue weighted by atomic mass is 32.2. The van der Waals surface area contributed by atoms with Crippen molar-refractivity contribution in [3.63, 3.8) is 0 Å². The average molecular weight is 419 g/mol. The molecule has 0 unspecified atom stereocenters. The lowest BCUT2D eigenvalue weighted by Crippen LogP contribution is -2.13. The first-order chi connectivity index (χ1) is 14.6. The van der Waals surface area contributed by atoms with E-state index in [0.29, 0.717) is 22.7 Å². The number of ether oxygens (including phenoxy) is 1. The van der Waals surface area contributed by atoms with Crippen LogP contribution in [0.25, 0.3) is 6.08 Å². The zero-order valence-electron chi connectivity index (χ0n) is 16.7. The molecular formula is C24H22N2O3S. The Morgan fingerprint density at radius 2 is 1.60 bits per heavy atom. The number of methoxy groups -OCH3 is 1. The highest BCUT2D eigenvalue weighted by Crippen LogP contribution is 2.24. The molecule has 30 heavy (non-hydrogen) atoms. The number of hydrogen-bond acceptors (Lipinski definition) is 4. The smallest absolute Gasteiger partial charge is 0.255 e. The van der Waals surface area contributed by atoms with E-state index in [9.17, 15) is 9.59 Å². The maximum absolute atomic E-state index is 12.5. The largest absolute Gasteiger partial charge is 0.495 e. The zero-order valence-corrected chi connectivity index (χ0v) is 17.5. The molecule has 0 atom stereocenters. The monoisotopic (exact) mass is 418 g/mol. The molecule has 0 saturated carbocycles. The molecule has 5 nitrogen and oxygen atoms in total. The van der Waals surface area contributed by atoms with Gasteiger partial charge in [0.1, 0.15) is 5.75 Å². The lowest BCUT2D eigenvalue weighted by atomic mass is 10.1. The first-order valence-corrected chi connectivity index (χ1v) is 10.5. The second kappa shape index (κ2) is 10.3. The van der Waals surface area contributed by atoms with Gasteiger partial charge in [-0.05, 0) is 66.4 Å². The van der Waals surface area contributed by atoms with E-state index in [0.717, 1.165) is 5.56 Å². The van der Waals surface area contributed by atoms with Crippen LogP contribution in [0.2, 0.25) is 0 Å². The summed E-state index contributed by atoms with van der Waals surface area (Å²) in [6.07, 6.45) is 5.26. The Bertz CT molecular complexity index is 1040. The molecule has 2 amide bonds. The Morgan fingerprint density at radius 1 is 0.900 bits per heavy atom. The third-order valence-electron chi connectivity index (χ3n) is 4.31. The van der Waals surface area contributed by atoms with Gasteiger partial charge in [-0.1, -0.05) is 24.3 Å². The number of hydrogen-bond donors (Lipinski definition) is 2. The number of benzene rings is 3. The fourth-order valence-corrected chi connectivity index (χ4v) is 3.13. The molecule has 0 aliphatic rings. The number of thioether (sulfide) groups is 1. The summed E-state index contributed by atoms with van der Waals surface area (Å²) in [4.78, 5) is 25.8. The molecule has 3 aromatic rings. The van der Waals surface area contributed by atoms with E-state index < -0.39 is 0 Å². The summed E-state index contributed by atoms with van der Waals surface area (Å²) in [5.41, 5.74) is 2.63. The molecule has 3 aromatic carbocycles. The van der Waals surface area contributed by atoms with Crippen LogP contribution < -0.4 is 15.4 Å². The fraction of sp³-hybridized carbons (Fsp3) is 0.0833. The van der Waals surface area contributed by atoms with E-state index in [2.05, 4.69) is 10.6 Å². The van der Waals surface area contributed by atoms with Crippen molar-refractivity contribution in [3.8, 4) is 5.75 Å². The van der Waals surface area contributed by atoms with Gasteiger partial charge in [0.25, 0.3) is 5.91 Å². The van der Waals surface area contributed by atoms with Gasteiger partial charge < -0.3 is 15.4 Å². The van der Waals surface area contributed by atoms with Crippen molar-refractivity contribution in [3.05, 3.63) is 90.0 Å². The minimum Gasteiger partial charge on any atom is -0.495 e. The van der Waals surface area contributed by atoms with Crippen LogP contribution in [0.4, 0.5) is 11.4 Å². The fourth-order valence-electron chi connectivity index (χ4n) is 2.72. The second-order valence-electron chi connectivity index (χ2n) is 6.33. The second-order valence-corrected chi connectivity index (χ2v) is 7.21. The van der Waals surface area contributed by atoms with Crippen molar-refractivity contribution in [2.75, 3.05) is 24.0 Å². The molecule has 0 heterocycles. The average Bonchev–Trinajstić information content (AvgIpc) is 2.79. The molecule has 2 N–H and O–H groups in total. The van der Waals surface area contributed by atoms with Gasteiger partial charge in [-0.15, -0.1) is 11.8 Å². The van der Waals surface area contributed by atoms with Crippen molar-refractivity contribution < 1.29 is 14.3 Å². The lowest BCUT2D eigenvalue weighted by Gasteiger charge is -2.10. The quantitative estimate of drug-likeness (QED) is 0.402. The van der Waals surface area contributed by atoms with Crippen LogP contribution in [0.5, 0.6) is 5.75 Å². The molecule has 0 aliphatic carbocycles. The molecular weight excluding hydrogens is 396 g/mol. The number of nitrogens with one attached hydrogen (secondary N) is 2. The highest BCUT2D eigenvalue weighted by Gasteiger charge is 2.09. The predicted molar refractivity (Wildman–Crippen MR) is 123 cm³/mol. The van der Waals surface area contributed by atoms with E-state index in [1.54, 1.807) is 61.3 Å². The number of anilines is 2. The van der Waals surface area contributed by atoms with Gasteiger partial charge >= 0.3 is 0 Å². The Balaban J connectivity index is 1.58. The molecule has 0 fully saturated rings. The van der Waals surface area contributed by atoms with Crippen molar-refractivity contribution in [2.45, 2.75) is 4.90 Å². The Labute approximate surface area is 180 Å². The first kappa shape index (κ1) is 21.2. The molecule has 0 bridgehead atoms. The summed E-state index contributed by atoms with van der Waals surface area (Å²) >= 11 is 1.67. The number of rotatable bonds is 7. The van der Waals surface area contributed by atoms with Crippen LogP contribution in [0, 0.1) is 0 Å². The van der Waals surface area contributed by atoms with Crippen molar-refractivity contribution in [2.24, 2.45) is 0 Å². The normalized spacial score (nSPS) is 10.6.